The summed E-state index contributed by atoms with van der Waals surface area (Å²) in [6.07, 6.45) is 2.11. The van der Waals surface area contributed by atoms with Gasteiger partial charge in [0, 0.05) is 11.4 Å². The van der Waals surface area contributed by atoms with Gasteiger partial charge in [-0.15, -0.1) is 11.3 Å². The van der Waals surface area contributed by atoms with Crippen LogP contribution in [0, 0.1) is 5.92 Å². The maximum Gasteiger partial charge on any atom is 0.224 e. The standard InChI is InChI=1S/C11H15BrN2OS/c12-10-4-3-9(16-10)7-14-11(15)8-2-1-5-13-6-8/h3-4,8,13H,1-2,5-7H2,(H,14,15)/t8-/m0/s1. The quantitative estimate of drug-likeness (QED) is 0.898. The van der Waals surface area contributed by atoms with E-state index in [2.05, 4.69) is 26.6 Å². The molecule has 1 saturated heterocycles. The predicted octanol–water partition coefficient (Wildman–Crippen LogP) is 2.13. The first kappa shape index (κ1) is 12.1. The minimum atomic E-state index is 0.150. The largest absolute Gasteiger partial charge is 0.351 e. The van der Waals surface area contributed by atoms with Crippen LogP contribution in [-0.2, 0) is 11.3 Å². The van der Waals surface area contributed by atoms with Crippen molar-refractivity contribution in [3.8, 4) is 0 Å². The molecule has 0 aromatic carbocycles. The van der Waals surface area contributed by atoms with E-state index in [1.54, 1.807) is 11.3 Å². The highest BCUT2D eigenvalue weighted by molar-refractivity contribution is 9.11. The van der Waals surface area contributed by atoms with Crippen molar-refractivity contribution < 1.29 is 4.79 Å². The van der Waals surface area contributed by atoms with Gasteiger partial charge in [-0.1, -0.05) is 0 Å². The molecule has 88 valence electrons. The average molecular weight is 303 g/mol. The highest BCUT2D eigenvalue weighted by Gasteiger charge is 2.20. The first-order valence-electron chi connectivity index (χ1n) is 5.48. The smallest absolute Gasteiger partial charge is 0.224 e. The van der Waals surface area contributed by atoms with Crippen LogP contribution in [0.2, 0.25) is 0 Å². The Morgan fingerprint density at radius 2 is 2.50 bits per heavy atom. The number of piperidine rings is 1. The van der Waals surface area contributed by atoms with Gasteiger partial charge >= 0.3 is 0 Å². The van der Waals surface area contributed by atoms with Gasteiger partial charge in [0.15, 0.2) is 0 Å². The summed E-state index contributed by atoms with van der Waals surface area (Å²) in [5, 5.41) is 6.24. The van der Waals surface area contributed by atoms with Crippen LogP contribution >= 0.6 is 27.3 Å². The normalized spacial score (nSPS) is 20.7. The van der Waals surface area contributed by atoms with E-state index >= 15 is 0 Å². The molecule has 1 atom stereocenters. The van der Waals surface area contributed by atoms with Crippen LogP contribution in [0.3, 0.4) is 0 Å². The van der Waals surface area contributed by atoms with E-state index in [4.69, 9.17) is 0 Å². The highest BCUT2D eigenvalue weighted by Crippen LogP contribution is 2.21. The lowest BCUT2D eigenvalue weighted by Crippen LogP contribution is -2.40. The Morgan fingerprint density at radius 3 is 3.12 bits per heavy atom. The predicted molar refractivity (Wildman–Crippen MR) is 69.5 cm³/mol. The number of carbonyl (C=O) groups excluding carboxylic acids is 1. The number of carbonyl (C=O) groups is 1. The number of amides is 1. The van der Waals surface area contributed by atoms with Gasteiger partial charge in [-0.05, 0) is 47.4 Å². The summed E-state index contributed by atoms with van der Waals surface area (Å²) in [6, 6.07) is 4.04. The lowest BCUT2D eigenvalue weighted by molar-refractivity contribution is -0.125. The van der Waals surface area contributed by atoms with Gasteiger partial charge in [0.25, 0.3) is 0 Å². The molecule has 1 aliphatic heterocycles. The van der Waals surface area contributed by atoms with Gasteiger partial charge in [-0.2, -0.15) is 0 Å². The summed E-state index contributed by atoms with van der Waals surface area (Å²) in [5.41, 5.74) is 0. The van der Waals surface area contributed by atoms with Crippen LogP contribution in [0.5, 0.6) is 0 Å². The number of hydrogen-bond acceptors (Lipinski definition) is 3. The van der Waals surface area contributed by atoms with Crippen molar-refractivity contribution >= 4 is 33.2 Å². The van der Waals surface area contributed by atoms with Crippen LogP contribution in [-0.4, -0.2) is 19.0 Å². The van der Waals surface area contributed by atoms with Crippen LogP contribution in [0.15, 0.2) is 15.9 Å². The fourth-order valence-electron chi connectivity index (χ4n) is 1.84. The average Bonchev–Trinajstić information content (AvgIpc) is 2.73. The summed E-state index contributed by atoms with van der Waals surface area (Å²) in [5.74, 6) is 0.328. The third-order valence-corrected chi connectivity index (χ3v) is 4.36. The molecule has 1 aromatic rings. The lowest BCUT2D eigenvalue weighted by atomic mass is 9.99. The molecule has 1 aromatic heterocycles. The van der Waals surface area contributed by atoms with Crippen LogP contribution < -0.4 is 10.6 Å². The van der Waals surface area contributed by atoms with Crippen molar-refractivity contribution in [2.45, 2.75) is 19.4 Å². The second-order valence-electron chi connectivity index (χ2n) is 3.97. The summed E-state index contributed by atoms with van der Waals surface area (Å²) in [4.78, 5) is 13.0. The summed E-state index contributed by atoms with van der Waals surface area (Å²) in [6.45, 7) is 2.51. The van der Waals surface area contributed by atoms with E-state index in [1.807, 2.05) is 12.1 Å². The lowest BCUT2D eigenvalue weighted by Gasteiger charge is -2.21. The van der Waals surface area contributed by atoms with Crippen LogP contribution in [0.4, 0.5) is 0 Å². The molecule has 2 rings (SSSR count). The Kier molecular flexibility index (Phi) is 4.37. The molecule has 3 nitrogen and oxygen atoms in total. The zero-order valence-electron chi connectivity index (χ0n) is 8.96. The molecular formula is C11H15BrN2OS. The first-order valence-corrected chi connectivity index (χ1v) is 7.09. The Hall–Kier alpha value is -0.390. The van der Waals surface area contributed by atoms with Crippen LogP contribution in [0.25, 0.3) is 0 Å². The Morgan fingerprint density at radius 1 is 1.62 bits per heavy atom. The topological polar surface area (TPSA) is 41.1 Å². The van der Waals surface area contributed by atoms with Crippen molar-refractivity contribution in [1.29, 1.82) is 0 Å². The molecule has 16 heavy (non-hydrogen) atoms. The third-order valence-electron chi connectivity index (χ3n) is 2.73. The molecule has 2 N–H and O–H groups in total. The van der Waals surface area contributed by atoms with Crippen molar-refractivity contribution in [3.05, 3.63) is 20.8 Å². The van der Waals surface area contributed by atoms with Gasteiger partial charge in [-0.3, -0.25) is 4.79 Å². The van der Waals surface area contributed by atoms with E-state index in [9.17, 15) is 4.79 Å². The molecule has 1 aliphatic rings. The molecule has 0 aliphatic carbocycles. The van der Waals surface area contributed by atoms with E-state index in [-0.39, 0.29) is 11.8 Å². The van der Waals surface area contributed by atoms with Gasteiger partial charge in [-0.25, -0.2) is 0 Å². The van der Waals surface area contributed by atoms with Gasteiger partial charge < -0.3 is 10.6 Å². The molecule has 0 saturated carbocycles. The highest BCUT2D eigenvalue weighted by atomic mass is 79.9. The summed E-state index contributed by atoms with van der Waals surface area (Å²) >= 11 is 5.07. The molecule has 5 heteroatoms. The van der Waals surface area contributed by atoms with Crippen molar-refractivity contribution in [1.82, 2.24) is 10.6 Å². The van der Waals surface area contributed by atoms with Crippen LogP contribution in [0.1, 0.15) is 17.7 Å². The summed E-state index contributed by atoms with van der Waals surface area (Å²) < 4.78 is 1.11. The zero-order chi connectivity index (χ0) is 11.4. The Bertz CT molecular complexity index is 361. The number of rotatable bonds is 3. The minimum Gasteiger partial charge on any atom is -0.351 e. The van der Waals surface area contributed by atoms with Crippen molar-refractivity contribution in [2.24, 2.45) is 5.92 Å². The Labute approximate surface area is 108 Å². The number of halogens is 1. The summed E-state index contributed by atoms with van der Waals surface area (Å²) in [7, 11) is 0. The second-order valence-corrected chi connectivity index (χ2v) is 6.51. The van der Waals surface area contributed by atoms with E-state index in [0.29, 0.717) is 6.54 Å². The van der Waals surface area contributed by atoms with Crippen molar-refractivity contribution in [3.63, 3.8) is 0 Å². The molecule has 0 bridgehead atoms. The first-order chi connectivity index (χ1) is 7.75. The second kappa shape index (κ2) is 5.80. The fourth-order valence-corrected chi connectivity index (χ4v) is 3.26. The molecule has 1 fully saturated rings. The molecule has 0 radical (unpaired) electrons. The molecular weight excluding hydrogens is 288 g/mol. The molecule has 0 unspecified atom stereocenters. The maximum atomic E-state index is 11.8. The van der Waals surface area contributed by atoms with Gasteiger partial charge in [0.1, 0.15) is 0 Å². The van der Waals surface area contributed by atoms with E-state index < -0.39 is 0 Å². The molecule has 2 heterocycles. The van der Waals surface area contributed by atoms with E-state index in [0.717, 1.165) is 29.7 Å². The minimum absolute atomic E-state index is 0.150. The van der Waals surface area contributed by atoms with Gasteiger partial charge in [0.2, 0.25) is 5.91 Å². The molecule has 0 spiro atoms. The number of hydrogen-bond donors (Lipinski definition) is 2. The Balaban J connectivity index is 1.78. The van der Waals surface area contributed by atoms with Gasteiger partial charge in [0.05, 0.1) is 16.2 Å². The maximum absolute atomic E-state index is 11.8. The number of thiophene rings is 1. The zero-order valence-corrected chi connectivity index (χ0v) is 11.4. The SMILES string of the molecule is O=C(NCc1ccc(Br)s1)[C@H]1CCCNC1. The molecule has 1 amide bonds. The monoisotopic (exact) mass is 302 g/mol. The fraction of sp³-hybridized carbons (Fsp3) is 0.545. The van der Waals surface area contributed by atoms with E-state index in [1.165, 1.54) is 4.88 Å². The number of nitrogens with one attached hydrogen (secondary N) is 2. The third kappa shape index (κ3) is 3.30. The van der Waals surface area contributed by atoms with Crippen molar-refractivity contribution in [2.75, 3.05) is 13.1 Å².